The van der Waals surface area contributed by atoms with Crippen LogP contribution < -0.4 is 10.6 Å². The highest BCUT2D eigenvalue weighted by atomic mass is 16.2. The molecule has 2 N–H and O–H groups in total. The first-order chi connectivity index (χ1) is 12.1. The lowest BCUT2D eigenvalue weighted by Crippen LogP contribution is -2.40. The van der Waals surface area contributed by atoms with Gasteiger partial charge < -0.3 is 10.6 Å². The van der Waals surface area contributed by atoms with Crippen LogP contribution in [0.1, 0.15) is 36.6 Å². The second kappa shape index (κ2) is 7.05. The summed E-state index contributed by atoms with van der Waals surface area (Å²) in [5.74, 6) is -0.433. The maximum absolute atomic E-state index is 12.8. The van der Waals surface area contributed by atoms with E-state index in [-0.39, 0.29) is 11.8 Å². The van der Waals surface area contributed by atoms with Crippen molar-refractivity contribution in [2.75, 3.05) is 5.32 Å². The van der Waals surface area contributed by atoms with Crippen LogP contribution in [0.3, 0.4) is 0 Å². The molecule has 0 unspecified atom stereocenters. The van der Waals surface area contributed by atoms with Crippen LogP contribution in [-0.2, 0) is 22.6 Å². The van der Waals surface area contributed by atoms with Gasteiger partial charge in [-0.1, -0.05) is 31.2 Å². The average Bonchev–Trinajstić information content (AvgIpc) is 3.44. The van der Waals surface area contributed by atoms with Gasteiger partial charge in [0, 0.05) is 11.9 Å². The van der Waals surface area contributed by atoms with E-state index < -0.39 is 5.41 Å². The molecule has 1 heterocycles. The van der Waals surface area contributed by atoms with E-state index in [1.807, 2.05) is 43.3 Å². The largest absolute Gasteiger partial charge is 0.350 e. The number of aryl methyl sites for hydroxylation is 2. The van der Waals surface area contributed by atoms with Crippen LogP contribution in [0.15, 0.2) is 42.6 Å². The number of nitrogens with zero attached hydrogens (tertiary/aromatic N) is 1. The molecule has 0 aliphatic heterocycles. The first-order valence-electron chi connectivity index (χ1n) is 8.65. The number of amides is 2. The smallest absolute Gasteiger partial charge is 0.240 e. The van der Waals surface area contributed by atoms with Crippen LogP contribution in [0, 0.1) is 12.3 Å². The zero-order valence-corrected chi connectivity index (χ0v) is 14.6. The molecule has 1 saturated carbocycles. The van der Waals surface area contributed by atoms with Gasteiger partial charge in [0.1, 0.15) is 5.41 Å². The SMILES string of the molecule is CCc1cccc(C)c1NC(=O)C1(C(=O)NCc2ccccn2)CC1. The predicted octanol–water partition coefficient (Wildman–Crippen LogP) is 2.99. The molecule has 2 aromatic rings. The number of carbonyl (C=O) groups is 2. The molecule has 5 nitrogen and oxygen atoms in total. The monoisotopic (exact) mass is 337 g/mol. The highest BCUT2D eigenvalue weighted by Crippen LogP contribution is 2.47. The number of rotatable bonds is 6. The molecule has 130 valence electrons. The molecule has 0 atom stereocenters. The fraction of sp³-hybridized carbons (Fsp3) is 0.350. The van der Waals surface area contributed by atoms with Gasteiger partial charge in [-0.3, -0.25) is 14.6 Å². The first kappa shape index (κ1) is 17.1. The molecule has 1 aliphatic rings. The summed E-state index contributed by atoms with van der Waals surface area (Å²) in [6.45, 7) is 4.35. The summed E-state index contributed by atoms with van der Waals surface area (Å²) in [5.41, 5.74) is 2.76. The standard InChI is InChI=1S/C20H23N3O2/c1-3-15-8-6-7-14(2)17(15)23-19(25)20(10-11-20)18(24)22-13-16-9-4-5-12-21-16/h4-9,12H,3,10-11,13H2,1-2H3,(H,22,24)(H,23,25). The number of nitrogens with one attached hydrogen (secondary N) is 2. The van der Waals surface area contributed by atoms with Crippen molar-refractivity contribution in [3.8, 4) is 0 Å². The molecule has 1 aromatic carbocycles. The zero-order valence-electron chi connectivity index (χ0n) is 14.6. The normalized spacial score (nSPS) is 14.6. The second-order valence-electron chi connectivity index (χ2n) is 6.50. The molecule has 0 spiro atoms. The van der Waals surface area contributed by atoms with Crippen molar-refractivity contribution in [2.24, 2.45) is 5.41 Å². The summed E-state index contributed by atoms with van der Waals surface area (Å²) in [7, 11) is 0. The molecular weight excluding hydrogens is 314 g/mol. The summed E-state index contributed by atoms with van der Waals surface area (Å²) < 4.78 is 0. The number of carbonyl (C=O) groups excluding carboxylic acids is 2. The van der Waals surface area contributed by atoms with Gasteiger partial charge in [-0.2, -0.15) is 0 Å². The summed E-state index contributed by atoms with van der Waals surface area (Å²) >= 11 is 0. The Morgan fingerprint density at radius 3 is 2.56 bits per heavy atom. The number of pyridine rings is 1. The van der Waals surface area contributed by atoms with E-state index >= 15 is 0 Å². The highest BCUT2D eigenvalue weighted by molar-refractivity contribution is 6.13. The Morgan fingerprint density at radius 1 is 1.12 bits per heavy atom. The van der Waals surface area contributed by atoms with Crippen LogP contribution in [0.5, 0.6) is 0 Å². The third kappa shape index (κ3) is 3.55. The molecule has 1 aromatic heterocycles. The molecule has 25 heavy (non-hydrogen) atoms. The van der Waals surface area contributed by atoms with Gasteiger partial charge in [-0.25, -0.2) is 0 Å². The third-order valence-corrected chi connectivity index (χ3v) is 4.75. The minimum Gasteiger partial charge on any atom is -0.350 e. The highest BCUT2D eigenvalue weighted by Gasteiger charge is 2.56. The molecule has 0 bridgehead atoms. The minimum atomic E-state index is -0.942. The molecule has 3 rings (SSSR count). The Labute approximate surface area is 147 Å². The third-order valence-electron chi connectivity index (χ3n) is 4.75. The van der Waals surface area contributed by atoms with Crippen molar-refractivity contribution >= 4 is 17.5 Å². The lowest BCUT2D eigenvalue weighted by Gasteiger charge is -2.18. The summed E-state index contributed by atoms with van der Waals surface area (Å²) in [5, 5.41) is 5.85. The second-order valence-corrected chi connectivity index (χ2v) is 6.50. The van der Waals surface area contributed by atoms with Crippen LogP contribution in [0.2, 0.25) is 0 Å². The van der Waals surface area contributed by atoms with Gasteiger partial charge in [0.15, 0.2) is 0 Å². The Balaban J connectivity index is 1.68. The molecule has 2 amide bonds. The molecule has 1 fully saturated rings. The summed E-state index contributed by atoms with van der Waals surface area (Å²) in [6, 6.07) is 11.5. The summed E-state index contributed by atoms with van der Waals surface area (Å²) in [4.78, 5) is 29.5. The lowest BCUT2D eigenvalue weighted by molar-refractivity contribution is -0.134. The maximum Gasteiger partial charge on any atom is 0.240 e. The Morgan fingerprint density at radius 2 is 1.92 bits per heavy atom. The van der Waals surface area contributed by atoms with Crippen molar-refractivity contribution in [1.82, 2.24) is 10.3 Å². The molecule has 1 aliphatic carbocycles. The zero-order chi connectivity index (χ0) is 17.9. The Bertz CT molecular complexity index is 783. The molecular formula is C20H23N3O2. The number of anilines is 1. The molecule has 0 radical (unpaired) electrons. The van der Waals surface area contributed by atoms with E-state index in [0.717, 1.165) is 28.9 Å². The number of aromatic nitrogens is 1. The Kier molecular flexibility index (Phi) is 4.83. The minimum absolute atomic E-state index is 0.213. The lowest BCUT2D eigenvalue weighted by atomic mass is 10.0. The van der Waals surface area contributed by atoms with E-state index in [9.17, 15) is 9.59 Å². The van der Waals surface area contributed by atoms with Crippen molar-refractivity contribution in [3.63, 3.8) is 0 Å². The van der Waals surface area contributed by atoms with Gasteiger partial charge in [0.05, 0.1) is 12.2 Å². The van der Waals surface area contributed by atoms with Crippen molar-refractivity contribution < 1.29 is 9.59 Å². The first-order valence-corrected chi connectivity index (χ1v) is 8.65. The van der Waals surface area contributed by atoms with Gasteiger partial charge in [-0.05, 0) is 49.4 Å². The van der Waals surface area contributed by atoms with Gasteiger partial charge >= 0.3 is 0 Å². The van der Waals surface area contributed by atoms with Crippen LogP contribution in [0.25, 0.3) is 0 Å². The van der Waals surface area contributed by atoms with Gasteiger partial charge in [0.25, 0.3) is 0 Å². The number of hydrogen-bond acceptors (Lipinski definition) is 3. The van der Waals surface area contributed by atoms with Crippen LogP contribution in [0.4, 0.5) is 5.69 Å². The van der Waals surface area contributed by atoms with Crippen LogP contribution in [-0.4, -0.2) is 16.8 Å². The number of benzene rings is 1. The number of hydrogen-bond donors (Lipinski definition) is 2. The van der Waals surface area contributed by atoms with Crippen molar-refractivity contribution in [2.45, 2.75) is 39.7 Å². The maximum atomic E-state index is 12.8. The van der Waals surface area contributed by atoms with E-state index in [0.29, 0.717) is 19.4 Å². The van der Waals surface area contributed by atoms with E-state index in [2.05, 4.69) is 22.5 Å². The molecule has 5 heteroatoms. The Hall–Kier alpha value is -2.69. The average molecular weight is 337 g/mol. The molecule has 0 saturated heterocycles. The fourth-order valence-electron chi connectivity index (χ4n) is 2.96. The van der Waals surface area contributed by atoms with Crippen LogP contribution >= 0.6 is 0 Å². The van der Waals surface area contributed by atoms with E-state index in [4.69, 9.17) is 0 Å². The fourth-order valence-corrected chi connectivity index (χ4v) is 2.96. The summed E-state index contributed by atoms with van der Waals surface area (Å²) in [6.07, 6.45) is 3.68. The van der Waals surface area contributed by atoms with Crippen molar-refractivity contribution in [3.05, 3.63) is 59.4 Å². The predicted molar refractivity (Wildman–Crippen MR) is 96.9 cm³/mol. The van der Waals surface area contributed by atoms with E-state index in [1.54, 1.807) is 6.20 Å². The van der Waals surface area contributed by atoms with Crippen molar-refractivity contribution in [1.29, 1.82) is 0 Å². The topological polar surface area (TPSA) is 71.1 Å². The van der Waals surface area contributed by atoms with Gasteiger partial charge in [-0.15, -0.1) is 0 Å². The van der Waals surface area contributed by atoms with E-state index in [1.165, 1.54) is 0 Å². The van der Waals surface area contributed by atoms with Gasteiger partial charge in [0.2, 0.25) is 11.8 Å². The number of para-hydroxylation sites is 1. The quantitative estimate of drug-likeness (QED) is 0.796.